The molecule has 0 atom stereocenters. The fourth-order valence-electron chi connectivity index (χ4n) is 3.97. The molecule has 4 aromatic rings. The van der Waals surface area contributed by atoms with Gasteiger partial charge in [-0.2, -0.15) is 0 Å². The third-order valence-corrected chi connectivity index (χ3v) is 14.2. The van der Waals surface area contributed by atoms with E-state index < -0.39 is 5.46 Å². The second kappa shape index (κ2) is 7.78. The molecule has 0 fully saturated rings. The summed E-state index contributed by atoms with van der Waals surface area (Å²) in [5, 5.41) is 7.85. The van der Waals surface area contributed by atoms with Crippen LogP contribution >= 0.6 is 20.9 Å². The quantitative estimate of drug-likeness (QED) is 0.335. The molecule has 0 amide bonds. The van der Waals surface area contributed by atoms with Crippen molar-refractivity contribution in [3.8, 4) is 0 Å². The van der Waals surface area contributed by atoms with Crippen molar-refractivity contribution in [3.05, 3.63) is 120 Å². The summed E-state index contributed by atoms with van der Waals surface area (Å²) in [5.41, 5.74) is 0.471. The zero-order valence-electron chi connectivity index (χ0n) is 16.7. The number of benzene rings is 4. The molecular weight excluding hydrogens is 437 g/mol. The maximum absolute atomic E-state index is 4.44. The number of rotatable bonds is 5. The first-order valence-electron chi connectivity index (χ1n) is 9.79. The van der Waals surface area contributed by atoms with Crippen molar-refractivity contribution in [2.45, 2.75) is 13.8 Å². The SMILES string of the molecule is Cc1cccc(C)c1NP(Br)(c1ccccc1)(c1ccccc1)c1ccccc1. The van der Waals surface area contributed by atoms with Gasteiger partial charge in [-0.15, -0.1) is 0 Å². The van der Waals surface area contributed by atoms with Crippen LogP contribution in [0.1, 0.15) is 11.1 Å². The first-order valence-corrected chi connectivity index (χ1v) is 14.0. The maximum atomic E-state index is 4.44. The van der Waals surface area contributed by atoms with E-state index in [9.17, 15) is 0 Å². The molecule has 29 heavy (non-hydrogen) atoms. The third-order valence-electron chi connectivity index (χ3n) is 5.53. The van der Waals surface area contributed by atoms with E-state index in [2.05, 4.69) is 144 Å². The van der Waals surface area contributed by atoms with Gasteiger partial charge in [-0.25, -0.2) is 0 Å². The zero-order valence-corrected chi connectivity index (χ0v) is 19.2. The van der Waals surface area contributed by atoms with E-state index in [0.29, 0.717) is 0 Å². The molecule has 0 aliphatic heterocycles. The topological polar surface area (TPSA) is 12.0 Å². The van der Waals surface area contributed by atoms with Crippen LogP contribution in [0.15, 0.2) is 109 Å². The number of hydrogen-bond acceptors (Lipinski definition) is 1. The van der Waals surface area contributed by atoms with Gasteiger partial charge in [0.05, 0.1) is 0 Å². The number of nitrogens with one attached hydrogen (secondary N) is 1. The Balaban J connectivity index is 2.13. The fraction of sp³-hybridized carbons (Fsp3) is 0.0769. The second-order valence-corrected chi connectivity index (χ2v) is 15.4. The average molecular weight is 462 g/mol. The summed E-state index contributed by atoms with van der Waals surface area (Å²) in [6, 6.07) is 38.8. The van der Waals surface area contributed by atoms with Gasteiger partial charge in [-0.1, -0.05) is 0 Å². The summed E-state index contributed by atoms with van der Waals surface area (Å²) < 4.78 is 0. The molecule has 0 spiro atoms. The molecule has 4 aromatic carbocycles. The summed E-state index contributed by atoms with van der Waals surface area (Å²) in [5.74, 6) is 0. The van der Waals surface area contributed by atoms with Gasteiger partial charge < -0.3 is 0 Å². The van der Waals surface area contributed by atoms with Crippen molar-refractivity contribution in [2.75, 3.05) is 5.09 Å². The predicted molar refractivity (Wildman–Crippen MR) is 134 cm³/mol. The molecule has 0 saturated heterocycles. The van der Waals surface area contributed by atoms with Crippen molar-refractivity contribution >= 4 is 42.5 Å². The van der Waals surface area contributed by atoms with E-state index in [-0.39, 0.29) is 0 Å². The van der Waals surface area contributed by atoms with Crippen LogP contribution in [0.5, 0.6) is 0 Å². The molecular formula is C26H25BrNP. The number of halogens is 1. The Morgan fingerprint density at radius 3 is 1.21 bits per heavy atom. The van der Waals surface area contributed by atoms with E-state index in [1.165, 1.54) is 32.7 Å². The monoisotopic (exact) mass is 461 g/mol. The van der Waals surface area contributed by atoms with Gasteiger partial charge in [0.25, 0.3) is 0 Å². The van der Waals surface area contributed by atoms with E-state index >= 15 is 0 Å². The van der Waals surface area contributed by atoms with Crippen LogP contribution in [0.4, 0.5) is 5.69 Å². The van der Waals surface area contributed by atoms with Crippen molar-refractivity contribution in [1.29, 1.82) is 0 Å². The molecule has 4 rings (SSSR count). The molecule has 0 unspecified atom stereocenters. The first kappa shape index (κ1) is 19.9. The van der Waals surface area contributed by atoms with Gasteiger partial charge in [0.2, 0.25) is 0 Å². The molecule has 1 N–H and O–H groups in total. The van der Waals surface area contributed by atoms with Crippen LogP contribution in [0.2, 0.25) is 0 Å². The molecule has 0 bridgehead atoms. The standard InChI is InChI=1S/C26H25BrNP/c1-21-13-12-14-22(2)26(21)28-29(27,23-15-6-3-7-16-23,24-17-8-4-9-18-24)25-19-10-5-11-20-25/h3-20,28H,1-2H3. The van der Waals surface area contributed by atoms with Crippen molar-refractivity contribution in [1.82, 2.24) is 0 Å². The summed E-state index contributed by atoms with van der Waals surface area (Å²) in [4.78, 5) is 0. The first-order chi connectivity index (χ1) is 14.0. The van der Waals surface area contributed by atoms with Gasteiger partial charge in [0, 0.05) is 0 Å². The summed E-state index contributed by atoms with van der Waals surface area (Å²) >= 11 is 4.44. The van der Waals surface area contributed by atoms with Crippen molar-refractivity contribution < 1.29 is 0 Å². The van der Waals surface area contributed by atoms with Crippen LogP contribution in [0, 0.1) is 13.8 Å². The fourth-order valence-corrected chi connectivity index (χ4v) is 10.9. The Morgan fingerprint density at radius 2 is 0.862 bits per heavy atom. The van der Waals surface area contributed by atoms with Crippen molar-refractivity contribution in [2.24, 2.45) is 0 Å². The Labute approximate surface area is 181 Å². The van der Waals surface area contributed by atoms with E-state index in [4.69, 9.17) is 0 Å². The molecule has 146 valence electrons. The Bertz CT molecular complexity index is 992. The van der Waals surface area contributed by atoms with E-state index in [1.807, 2.05) is 0 Å². The van der Waals surface area contributed by atoms with E-state index in [0.717, 1.165) is 0 Å². The number of aryl methyl sites for hydroxylation is 2. The Kier molecular flexibility index (Phi) is 5.34. The van der Waals surface area contributed by atoms with Gasteiger partial charge in [-0.05, 0) is 0 Å². The molecule has 0 heterocycles. The molecule has 0 aliphatic rings. The summed E-state index contributed by atoms with van der Waals surface area (Å²) in [6.07, 6.45) is 0. The zero-order chi connectivity index (χ0) is 20.3. The van der Waals surface area contributed by atoms with Crippen LogP contribution in [0.3, 0.4) is 0 Å². The molecule has 0 aromatic heterocycles. The van der Waals surface area contributed by atoms with Crippen LogP contribution in [-0.4, -0.2) is 0 Å². The number of para-hydroxylation sites is 1. The number of hydrogen-bond donors (Lipinski definition) is 1. The minimum atomic E-state index is -3.18. The van der Waals surface area contributed by atoms with Gasteiger partial charge >= 0.3 is 182 Å². The average Bonchev–Trinajstić information content (AvgIpc) is 2.78. The van der Waals surface area contributed by atoms with E-state index in [1.54, 1.807) is 0 Å². The van der Waals surface area contributed by atoms with Gasteiger partial charge in [0.1, 0.15) is 0 Å². The van der Waals surface area contributed by atoms with Crippen molar-refractivity contribution in [3.63, 3.8) is 0 Å². The third kappa shape index (κ3) is 3.31. The second-order valence-electron chi connectivity index (χ2n) is 7.39. The minimum absolute atomic E-state index is 1.18. The molecule has 0 radical (unpaired) electrons. The Morgan fingerprint density at radius 1 is 0.517 bits per heavy atom. The Hall–Kier alpha value is -2.41. The molecule has 1 nitrogen and oxygen atoms in total. The van der Waals surface area contributed by atoms with Crippen LogP contribution < -0.4 is 21.0 Å². The van der Waals surface area contributed by atoms with Gasteiger partial charge in [0.15, 0.2) is 0 Å². The summed E-state index contributed by atoms with van der Waals surface area (Å²) in [6.45, 7) is 4.34. The summed E-state index contributed by atoms with van der Waals surface area (Å²) in [7, 11) is 0. The van der Waals surface area contributed by atoms with Crippen LogP contribution in [0.25, 0.3) is 0 Å². The predicted octanol–water partition coefficient (Wildman–Crippen LogP) is 6.47. The normalized spacial score (nSPS) is 12.7. The number of anilines is 1. The molecule has 0 aliphatic carbocycles. The van der Waals surface area contributed by atoms with Gasteiger partial charge in [-0.3, -0.25) is 0 Å². The molecule has 3 heteroatoms. The molecule has 0 saturated carbocycles. The van der Waals surface area contributed by atoms with Crippen LogP contribution in [-0.2, 0) is 0 Å².